The van der Waals surface area contributed by atoms with Gasteiger partial charge in [0, 0.05) is 12.6 Å². The fraction of sp³-hybridized carbons (Fsp3) is 1.00. The SMILES string of the molecule is CCC1CCC(CNC2CN3CCC2CC3)CC1. The zero-order chi connectivity index (χ0) is 12.4. The Bertz CT molecular complexity index is 250. The van der Waals surface area contributed by atoms with E-state index < -0.39 is 0 Å². The minimum atomic E-state index is 0.816. The van der Waals surface area contributed by atoms with Crippen molar-refractivity contribution in [2.75, 3.05) is 26.2 Å². The molecule has 104 valence electrons. The molecule has 2 nitrogen and oxygen atoms in total. The summed E-state index contributed by atoms with van der Waals surface area (Å²) in [5, 5.41) is 3.91. The van der Waals surface area contributed by atoms with Gasteiger partial charge in [0.05, 0.1) is 0 Å². The Labute approximate surface area is 113 Å². The van der Waals surface area contributed by atoms with Gasteiger partial charge in [-0.1, -0.05) is 26.2 Å². The molecule has 18 heavy (non-hydrogen) atoms. The van der Waals surface area contributed by atoms with E-state index in [9.17, 15) is 0 Å². The minimum absolute atomic E-state index is 0.816. The zero-order valence-electron chi connectivity index (χ0n) is 12.0. The van der Waals surface area contributed by atoms with Crippen LogP contribution in [0.3, 0.4) is 0 Å². The number of rotatable bonds is 4. The van der Waals surface area contributed by atoms with E-state index in [-0.39, 0.29) is 0 Å². The fourth-order valence-corrected chi connectivity index (χ4v) is 4.36. The molecule has 0 amide bonds. The summed E-state index contributed by atoms with van der Waals surface area (Å²) in [6.45, 7) is 7.71. The van der Waals surface area contributed by atoms with E-state index in [0.29, 0.717) is 0 Å². The molecular weight excluding hydrogens is 220 g/mol. The lowest BCUT2D eigenvalue weighted by Gasteiger charge is -2.45. The van der Waals surface area contributed by atoms with E-state index in [1.807, 2.05) is 0 Å². The standard InChI is InChI=1S/C16H30N2/c1-2-13-3-5-14(6-4-13)11-17-16-12-18-9-7-15(16)8-10-18/h13-17H,2-12H2,1H3. The smallest absolute Gasteiger partial charge is 0.0224 e. The highest BCUT2D eigenvalue weighted by Crippen LogP contribution is 2.31. The van der Waals surface area contributed by atoms with Crippen LogP contribution in [0.4, 0.5) is 0 Å². The van der Waals surface area contributed by atoms with Crippen molar-refractivity contribution in [1.82, 2.24) is 10.2 Å². The van der Waals surface area contributed by atoms with Gasteiger partial charge in [-0.3, -0.25) is 0 Å². The molecule has 4 rings (SSSR count). The number of fused-ring (bicyclic) bond motifs is 3. The molecule has 0 aromatic heterocycles. The van der Waals surface area contributed by atoms with Crippen LogP contribution in [0.15, 0.2) is 0 Å². The molecule has 1 unspecified atom stereocenters. The van der Waals surface area contributed by atoms with Crippen LogP contribution in [-0.2, 0) is 0 Å². The topological polar surface area (TPSA) is 15.3 Å². The first-order valence-electron chi connectivity index (χ1n) is 8.31. The second kappa shape index (κ2) is 5.92. The molecule has 0 aromatic rings. The minimum Gasteiger partial charge on any atom is -0.312 e. The second-order valence-corrected chi connectivity index (χ2v) is 6.95. The van der Waals surface area contributed by atoms with Crippen LogP contribution in [0.2, 0.25) is 0 Å². The van der Waals surface area contributed by atoms with Gasteiger partial charge >= 0.3 is 0 Å². The van der Waals surface area contributed by atoms with E-state index in [1.54, 1.807) is 0 Å². The van der Waals surface area contributed by atoms with Gasteiger partial charge in [0.25, 0.3) is 0 Å². The maximum absolute atomic E-state index is 3.91. The van der Waals surface area contributed by atoms with E-state index in [1.165, 1.54) is 71.1 Å². The predicted octanol–water partition coefficient (Wildman–Crippen LogP) is 2.89. The molecule has 1 atom stereocenters. The maximum atomic E-state index is 3.91. The first kappa shape index (κ1) is 12.9. The van der Waals surface area contributed by atoms with Gasteiger partial charge in [0.1, 0.15) is 0 Å². The molecule has 1 saturated carbocycles. The largest absolute Gasteiger partial charge is 0.312 e. The summed E-state index contributed by atoms with van der Waals surface area (Å²) in [6, 6.07) is 0.816. The van der Waals surface area contributed by atoms with Crippen LogP contribution >= 0.6 is 0 Å². The Balaban J connectivity index is 1.39. The molecule has 0 aromatic carbocycles. The van der Waals surface area contributed by atoms with Gasteiger partial charge in [0.2, 0.25) is 0 Å². The van der Waals surface area contributed by atoms with E-state index in [4.69, 9.17) is 0 Å². The third-order valence-electron chi connectivity index (χ3n) is 5.87. The normalized spacial score (nSPS) is 44.2. The molecule has 1 N–H and O–H groups in total. The summed E-state index contributed by atoms with van der Waals surface area (Å²) in [5.74, 6) is 3.00. The number of hydrogen-bond donors (Lipinski definition) is 1. The second-order valence-electron chi connectivity index (χ2n) is 6.95. The van der Waals surface area contributed by atoms with Crippen LogP contribution in [0.5, 0.6) is 0 Å². The Morgan fingerprint density at radius 2 is 1.61 bits per heavy atom. The number of nitrogens with one attached hydrogen (secondary N) is 1. The molecule has 4 aliphatic rings. The summed E-state index contributed by atoms with van der Waals surface area (Å²) >= 11 is 0. The van der Waals surface area contributed by atoms with Crippen molar-refractivity contribution < 1.29 is 0 Å². The van der Waals surface area contributed by atoms with Crippen LogP contribution < -0.4 is 5.32 Å². The summed E-state index contributed by atoms with van der Waals surface area (Å²) < 4.78 is 0. The van der Waals surface area contributed by atoms with Crippen molar-refractivity contribution in [3.05, 3.63) is 0 Å². The van der Waals surface area contributed by atoms with Crippen molar-refractivity contribution in [3.8, 4) is 0 Å². The van der Waals surface area contributed by atoms with Gasteiger partial charge in [-0.2, -0.15) is 0 Å². The molecule has 1 aliphatic carbocycles. The van der Waals surface area contributed by atoms with Crippen molar-refractivity contribution >= 4 is 0 Å². The van der Waals surface area contributed by atoms with Gasteiger partial charge in [-0.15, -0.1) is 0 Å². The molecule has 0 spiro atoms. The summed E-state index contributed by atoms with van der Waals surface area (Å²) in [4.78, 5) is 2.66. The summed E-state index contributed by atoms with van der Waals surface area (Å²) in [6.07, 6.45) is 10.2. The Morgan fingerprint density at radius 3 is 2.17 bits per heavy atom. The van der Waals surface area contributed by atoms with E-state index >= 15 is 0 Å². The van der Waals surface area contributed by atoms with E-state index in [0.717, 1.165) is 23.8 Å². The average molecular weight is 250 g/mol. The molecule has 4 fully saturated rings. The Kier molecular flexibility index (Phi) is 4.25. The predicted molar refractivity (Wildman–Crippen MR) is 76.7 cm³/mol. The van der Waals surface area contributed by atoms with Crippen molar-refractivity contribution in [1.29, 1.82) is 0 Å². The number of piperidine rings is 3. The third-order valence-corrected chi connectivity index (χ3v) is 5.87. The number of hydrogen-bond acceptors (Lipinski definition) is 2. The van der Waals surface area contributed by atoms with Crippen LogP contribution in [0.25, 0.3) is 0 Å². The molecule has 2 bridgehead atoms. The first-order chi connectivity index (χ1) is 8.85. The molecule has 3 aliphatic heterocycles. The number of nitrogens with zero attached hydrogens (tertiary/aromatic N) is 1. The zero-order valence-corrected chi connectivity index (χ0v) is 12.0. The van der Waals surface area contributed by atoms with Crippen LogP contribution in [0, 0.1) is 17.8 Å². The highest BCUT2D eigenvalue weighted by Gasteiger charge is 2.34. The van der Waals surface area contributed by atoms with Crippen molar-refractivity contribution in [3.63, 3.8) is 0 Å². The first-order valence-corrected chi connectivity index (χ1v) is 8.31. The lowest BCUT2D eigenvalue weighted by molar-refractivity contribution is 0.0691. The average Bonchev–Trinajstić information content (AvgIpc) is 2.47. The molecule has 0 radical (unpaired) electrons. The van der Waals surface area contributed by atoms with Crippen LogP contribution in [-0.4, -0.2) is 37.1 Å². The summed E-state index contributed by atoms with van der Waals surface area (Å²) in [7, 11) is 0. The molecular formula is C16H30N2. The van der Waals surface area contributed by atoms with Crippen molar-refractivity contribution in [2.45, 2.75) is 57.9 Å². The van der Waals surface area contributed by atoms with Gasteiger partial charge < -0.3 is 10.2 Å². The lowest BCUT2D eigenvalue weighted by Crippen LogP contribution is -2.56. The summed E-state index contributed by atoms with van der Waals surface area (Å²) in [5.41, 5.74) is 0. The third kappa shape index (κ3) is 2.91. The quantitative estimate of drug-likeness (QED) is 0.825. The van der Waals surface area contributed by atoms with Gasteiger partial charge in [-0.25, -0.2) is 0 Å². The highest BCUT2D eigenvalue weighted by molar-refractivity contribution is 4.91. The fourth-order valence-electron chi connectivity index (χ4n) is 4.36. The molecule has 2 heteroatoms. The molecule has 3 saturated heterocycles. The van der Waals surface area contributed by atoms with Crippen molar-refractivity contribution in [2.24, 2.45) is 17.8 Å². The van der Waals surface area contributed by atoms with E-state index in [2.05, 4.69) is 17.1 Å². The monoisotopic (exact) mass is 250 g/mol. The molecule has 3 heterocycles. The Morgan fingerprint density at radius 1 is 0.944 bits per heavy atom. The highest BCUT2D eigenvalue weighted by atomic mass is 15.2. The maximum Gasteiger partial charge on any atom is 0.0224 e. The van der Waals surface area contributed by atoms with Gasteiger partial charge in [-0.05, 0) is 63.1 Å². The Hall–Kier alpha value is -0.0800. The van der Waals surface area contributed by atoms with Gasteiger partial charge in [0.15, 0.2) is 0 Å². The lowest BCUT2D eigenvalue weighted by atomic mass is 9.80. The van der Waals surface area contributed by atoms with Crippen LogP contribution in [0.1, 0.15) is 51.9 Å².